The van der Waals surface area contributed by atoms with Crippen molar-refractivity contribution in [1.29, 1.82) is 0 Å². The number of anilines is 1. The number of aryl methyl sites for hydroxylation is 1. The summed E-state index contributed by atoms with van der Waals surface area (Å²) in [6.07, 6.45) is 1.61. The van der Waals surface area contributed by atoms with Gasteiger partial charge in [-0.15, -0.1) is 0 Å². The second-order valence-electron chi connectivity index (χ2n) is 6.06. The zero-order valence-corrected chi connectivity index (χ0v) is 16.0. The Labute approximate surface area is 160 Å². The Morgan fingerprint density at radius 2 is 2.04 bits per heavy atom. The molecule has 0 saturated carbocycles. The first-order chi connectivity index (χ1) is 13.4. The minimum Gasteiger partial charge on any atom is -0.494 e. The lowest BCUT2D eigenvalue weighted by atomic mass is 10.2. The second-order valence-corrected chi connectivity index (χ2v) is 7.74. The first-order valence-corrected chi connectivity index (χ1v) is 10.0. The highest BCUT2D eigenvalue weighted by Crippen LogP contribution is 2.31. The van der Waals surface area contributed by atoms with Gasteiger partial charge in [0.25, 0.3) is 10.0 Å². The summed E-state index contributed by atoms with van der Waals surface area (Å²) in [5.41, 5.74) is 1.68. The van der Waals surface area contributed by atoms with Crippen LogP contribution in [0.15, 0.2) is 62.8 Å². The molecular formula is C19H17N3O5S. The highest BCUT2D eigenvalue weighted by molar-refractivity contribution is 7.92. The minimum atomic E-state index is -3.92. The van der Waals surface area contributed by atoms with Crippen LogP contribution >= 0.6 is 0 Å². The van der Waals surface area contributed by atoms with Crippen LogP contribution in [0.4, 0.5) is 5.69 Å². The topological polar surface area (TPSA) is 103 Å². The van der Waals surface area contributed by atoms with Gasteiger partial charge in [-0.05, 0) is 43.3 Å². The van der Waals surface area contributed by atoms with Crippen LogP contribution in [-0.2, 0) is 16.6 Å². The van der Waals surface area contributed by atoms with E-state index in [1.165, 1.54) is 23.8 Å². The summed E-state index contributed by atoms with van der Waals surface area (Å²) in [6.45, 7) is 2.24. The smallest absolute Gasteiger partial charge is 0.419 e. The lowest BCUT2D eigenvalue weighted by molar-refractivity contribution is 0.419. The quantitative estimate of drug-likeness (QED) is 0.553. The molecule has 4 rings (SSSR count). The third-order valence-electron chi connectivity index (χ3n) is 4.46. The number of benzene rings is 2. The zero-order valence-electron chi connectivity index (χ0n) is 15.2. The molecule has 0 amide bonds. The Morgan fingerprint density at radius 1 is 1.21 bits per heavy atom. The molecule has 2 aromatic heterocycles. The van der Waals surface area contributed by atoms with Gasteiger partial charge in [-0.2, -0.15) is 0 Å². The molecule has 2 heterocycles. The van der Waals surface area contributed by atoms with Crippen molar-refractivity contribution in [3.8, 4) is 5.75 Å². The molecule has 9 heteroatoms. The fourth-order valence-electron chi connectivity index (χ4n) is 3.12. The van der Waals surface area contributed by atoms with Crippen LogP contribution in [0.3, 0.4) is 0 Å². The number of pyridine rings is 1. The van der Waals surface area contributed by atoms with Crippen LogP contribution in [0.25, 0.3) is 22.0 Å². The number of hydrogen-bond acceptors (Lipinski definition) is 6. The van der Waals surface area contributed by atoms with Gasteiger partial charge in [0.1, 0.15) is 11.3 Å². The molecule has 28 heavy (non-hydrogen) atoms. The molecule has 8 nitrogen and oxygen atoms in total. The Hall–Kier alpha value is -3.33. The van der Waals surface area contributed by atoms with Gasteiger partial charge in [0, 0.05) is 24.2 Å². The maximum absolute atomic E-state index is 12.9. The van der Waals surface area contributed by atoms with Crippen molar-refractivity contribution >= 4 is 37.7 Å². The minimum absolute atomic E-state index is 0.00939. The van der Waals surface area contributed by atoms with Crippen LogP contribution in [0.1, 0.15) is 6.92 Å². The molecule has 0 bridgehead atoms. The summed E-state index contributed by atoms with van der Waals surface area (Å²) in [7, 11) is -2.39. The molecule has 0 atom stereocenters. The fourth-order valence-corrected chi connectivity index (χ4v) is 4.21. The zero-order chi connectivity index (χ0) is 19.9. The van der Waals surface area contributed by atoms with Crippen molar-refractivity contribution < 1.29 is 17.6 Å². The number of methoxy groups -OCH3 is 1. The SMILES string of the molecule is CCn1c(=O)oc2cc(S(=O)(=O)Nc3ccc(OC)c4ncccc34)ccc21. The Balaban J connectivity index is 1.79. The van der Waals surface area contributed by atoms with Crippen molar-refractivity contribution in [2.75, 3.05) is 11.8 Å². The molecule has 0 fully saturated rings. The Bertz CT molecular complexity index is 1360. The average Bonchev–Trinajstić information content (AvgIpc) is 3.02. The molecule has 0 aliphatic rings. The third kappa shape index (κ3) is 2.89. The number of oxazole rings is 1. The van der Waals surface area contributed by atoms with E-state index < -0.39 is 15.8 Å². The van der Waals surface area contributed by atoms with E-state index >= 15 is 0 Å². The second kappa shape index (κ2) is 6.68. The highest BCUT2D eigenvalue weighted by atomic mass is 32.2. The van der Waals surface area contributed by atoms with Crippen LogP contribution in [0, 0.1) is 0 Å². The van der Waals surface area contributed by atoms with Crippen molar-refractivity contribution in [3.63, 3.8) is 0 Å². The molecule has 144 valence electrons. The molecular weight excluding hydrogens is 382 g/mol. The van der Waals surface area contributed by atoms with Gasteiger partial charge in [0.15, 0.2) is 5.58 Å². The normalized spacial score (nSPS) is 11.8. The molecule has 0 aliphatic heterocycles. The number of nitrogens with one attached hydrogen (secondary N) is 1. The van der Waals surface area contributed by atoms with E-state index in [1.807, 2.05) is 6.92 Å². The summed E-state index contributed by atoms with van der Waals surface area (Å²) in [6, 6.07) is 11.1. The van der Waals surface area contributed by atoms with Gasteiger partial charge in [-0.25, -0.2) is 13.2 Å². The summed E-state index contributed by atoms with van der Waals surface area (Å²) in [5.74, 6) is 0.0230. The van der Waals surface area contributed by atoms with Crippen LogP contribution in [0.2, 0.25) is 0 Å². The van der Waals surface area contributed by atoms with Crippen LogP contribution in [0.5, 0.6) is 5.75 Å². The number of fused-ring (bicyclic) bond motifs is 2. The van der Waals surface area contributed by atoms with Crippen molar-refractivity contribution in [2.45, 2.75) is 18.4 Å². The number of aromatic nitrogens is 2. The number of ether oxygens (including phenoxy) is 1. The summed E-state index contributed by atoms with van der Waals surface area (Å²) in [4.78, 5) is 16.1. The van der Waals surface area contributed by atoms with E-state index in [1.54, 1.807) is 36.5 Å². The van der Waals surface area contributed by atoms with Gasteiger partial charge in [0.05, 0.1) is 23.2 Å². The largest absolute Gasteiger partial charge is 0.494 e. The summed E-state index contributed by atoms with van der Waals surface area (Å²) in [5, 5.41) is 0.607. The summed E-state index contributed by atoms with van der Waals surface area (Å²) < 4.78 is 40.3. The maximum atomic E-state index is 12.9. The molecule has 1 N–H and O–H groups in total. The Morgan fingerprint density at radius 3 is 2.79 bits per heavy atom. The van der Waals surface area contributed by atoms with E-state index in [4.69, 9.17) is 9.15 Å². The van der Waals surface area contributed by atoms with E-state index in [-0.39, 0.29) is 10.5 Å². The lowest BCUT2D eigenvalue weighted by Crippen LogP contribution is -2.13. The molecule has 0 spiro atoms. The standard InChI is InChI=1S/C19H17N3O5S/c1-3-22-15-8-6-12(11-17(15)27-19(22)23)28(24,25)21-14-7-9-16(26-2)18-13(14)5-4-10-20-18/h4-11,21H,3H2,1-2H3. The first-order valence-electron chi connectivity index (χ1n) is 8.52. The molecule has 2 aromatic carbocycles. The molecule has 0 unspecified atom stereocenters. The highest BCUT2D eigenvalue weighted by Gasteiger charge is 2.19. The van der Waals surface area contributed by atoms with Gasteiger partial charge >= 0.3 is 5.76 Å². The third-order valence-corrected chi connectivity index (χ3v) is 5.83. The number of sulfonamides is 1. The summed E-state index contributed by atoms with van der Waals surface area (Å²) >= 11 is 0. The molecule has 4 aromatic rings. The first kappa shape index (κ1) is 18.1. The van der Waals surface area contributed by atoms with Crippen molar-refractivity contribution in [1.82, 2.24) is 9.55 Å². The fraction of sp³-hybridized carbons (Fsp3) is 0.158. The van der Waals surface area contributed by atoms with Gasteiger partial charge in [-0.1, -0.05) is 0 Å². The van der Waals surface area contributed by atoms with E-state index in [0.717, 1.165) is 0 Å². The van der Waals surface area contributed by atoms with Gasteiger partial charge in [-0.3, -0.25) is 14.3 Å². The van der Waals surface area contributed by atoms with Gasteiger partial charge < -0.3 is 9.15 Å². The van der Waals surface area contributed by atoms with Crippen molar-refractivity contribution in [3.05, 3.63) is 59.2 Å². The molecule has 0 saturated heterocycles. The van der Waals surface area contributed by atoms with Crippen LogP contribution in [-0.4, -0.2) is 25.1 Å². The molecule has 0 aliphatic carbocycles. The van der Waals surface area contributed by atoms with Gasteiger partial charge in [0.2, 0.25) is 0 Å². The number of nitrogens with zero attached hydrogens (tertiary/aromatic N) is 2. The average molecular weight is 399 g/mol. The van der Waals surface area contributed by atoms with E-state index in [9.17, 15) is 13.2 Å². The maximum Gasteiger partial charge on any atom is 0.419 e. The molecule has 0 radical (unpaired) electrons. The predicted octanol–water partition coefficient (Wildman–Crippen LogP) is 2.97. The van der Waals surface area contributed by atoms with Crippen LogP contribution < -0.4 is 15.2 Å². The predicted molar refractivity (Wildman–Crippen MR) is 105 cm³/mol. The number of hydrogen-bond donors (Lipinski definition) is 1. The van der Waals surface area contributed by atoms with E-state index in [2.05, 4.69) is 9.71 Å². The van der Waals surface area contributed by atoms with E-state index in [0.29, 0.717) is 34.4 Å². The lowest BCUT2D eigenvalue weighted by Gasteiger charge is -2.12. The number of rotatable bonds is 5. The van der Waals surface area contributed by atoms with Crippen molar-refractivity contribution in [2.24, 2.45) is 0 Å². The monoisotopic (exact) mass is 399 g/mol. The Kier molecular flexibility index (Phi) is 4.31.